The molecule has 0 amide bonds. The van der Waals surface area contributed by atoms with E-state index in [0.717, 1.165) is 17.8 Å². The van der Waals surface area contributed by atoms with Crippen LogP contribution < -0.4 is 4.72 Å². The molecule has 1 saturated carbocycles. The summed E-state index contributed by atoms with van der Waals surface area (Å²) < 4.78 is 28.4. The third kappa shape index (κ3) is 4.42. The summed E-state index contributed by atoms with van der Waals surface area (Å²) in [6.45, 7) is 2.90. The smallest absolute Gasteiger partial charge is 0.211 e. The molecular formula is C17H24N4O2S. The van der Waals surface area contributed by atoms with Gasteiger partial charge < -0.3 is 0 Å². The van der Waals surface area contributed by atoms with Crippen LogP contribution in [0, 0.1) is 0 Å². The molecule has 0 aromatic carbocycles. The van der Waals surface area contributed by atoms with Crippen LogP contribution in [0.3, 0.4) is 0 Å². The molecule has 7 heteroatoms. The largest absolute Gasteiger partial charge is 0.267 e. The molecule has 0 saturated heterocycles. The highest BCUT2D eigenvalue weighted by Crippen LogP contribution is 2.41. The van der Waals surface area contributed by atoms with E-state index in [1.165, 1.54) is 18.5 Å². The predicted molar refractivity (Wildman–Crippen MR) is 94.1 cm³/mol. The fourth-order valence-corrected chi connectivity index (χ4v) is 3.89. The number of aromatic nitrogens is 3. The molecular weight excluding hydrogens is 324 g/mol. The van der Waals surface area contributed by atoms with E-state index in [9.17, 15) is 8.42 Å². The molecule has 1 aliphatic carbocycles. The molecule has 2 aromatic rings. The second kappa shape index (κ2) is 7.44. The second-order valence-corrected chi connectivity index (χ2v) is 8.16. The van der Waals surface area contributed by atoms with Crippen LogP contribution in [0.2, 0.25) is 0 Å². The Kier molecular flexibility index (Phi) is 5.30. The summed E-state index contributed by atoms with van der Waals surface area (Å²) in [5.41, 5.74) is 2.89. The van der Waals surface area contributed by atoms with Gasteiger partial charge in [-0.15, -0.1) is 0 Å². The van der Waals surface area contributed by atoms with Gasteiger partial charge in [-0.25, -0.2) is 13.1 Å². The summed E-state index contributed by atoms with van der Waals surface area (Å²) in [4.78, 5) is 4.35. The van der Waals surface area contributed by atoms with Crippen molar-refractivity contribution < 1.29 is 8.42 Å². The Morgan fingerprint density at radius 2 is 2.12 bits per heavy atom. The first-order valence-corrected chi connectivity index (χ1v) is 10.2. The molecule has 0 atom stereocenters. The monoisotopic (exact) mass is 348 g/mol. The first kappa shape index (κ1) is 17.1. The normalized spacial score (nSPS) is 14.9. The molecule has 1 aliphatic rings. The van der Waals surface area contributed by atoms with Gasteiger partial charge in [-0.05, 0) is 37.5 Å². The van der Waals surface area contributed by atoms with Gasteiger partial charge in [0.25, 0.3) is 0 Å². The molecule has 6 nitrogen and oxygen atoms in total. The van der Waals surface area contributed by atoms with Crippen molar-refractivity contribution in [2.24, 2.45) is 0 Å². The number of pyridine rings is 1. The zero-order valence-electron chi connectivity index (χ0n) is 14.0. The Bertz CT molecular complexity index is 767. The minimum Gasteiger partial charge on any atom is -0.267 e. The average molecular weight is 348 g/mol. The third-order valence-corrected chi connectivity index (χ3v) is 5.62. The molecule has 0 unspecified atom stereocenters. The number of rotatable bonds is 9. The van der Waals surface area contributed by atoms with Crippen LogP contribution in [0.5, 0.6) is 0 Å². The van der Waals surface area contributed by atoms with Gasteiger partial charge in [-0.2, -0.15) is 5.10 Å². The summed E-state index contributed by atoms with van der Waals surface area (Å²) in [7, 11) is -3.18. The molecule has 0 bridgehead atoms. The summed E-state index contributed by atoms with van der Waals surface area (Å²) in [6, 6.07) is 7.86. The Morgan fingerprint density at radius 3 is 2.79 bits per heavy atom. The van der Waals surface area contributed by atoms with Crippen molar-refractivity contribution in [2.75, 3.05) is 12.3 Å². The van der Waals surface area contributed by atoms with Gasteiger partial charge in [-0.3, -0.25) is 9.67 Å². The lowest BCUT2D eigenvalue weighted by atomic mass is 10.2. The molecule has 0 radical (unpaired) electrons. The number of nitrogens with one attached hydrogen (secondary N) is 1. The van der Waals surface area contributed by atoms with Crippen molar-refractivity contribution in [1.82, 2.24) is 19.5 Å². The van der Waals surface area contributed by atoms with E-state index in [1.54, 1.807) is 6.20 Å². The third-order valence-electron chi connectivity index (χ3n) is 4.15. The van der Waals surface area contributed by atoms with E-state index in [-0.39, 0.29) is 5.75 Å². The molecule has 2 aromatic heterocycles. The van der Waals surface area contributed by atoms with Gasteiger partial charge in [0.1, 0.15) is 5.69 Å². The van der Waals surface area contributed by atoms with Gasteiger partial charge in [0.15, 0.2) is 0 Å². The number of nitrogens with zero attached hydrogens (tertiary/aromatic N) is 3. The van der Waals surface area contributed by atoms with Crippen LogP contribution in [0.4, 0.5) is 0 Å². The van der Waals surface area contributed by atoms with Gasteiger partial charge in [0.05, 0.1) is 18.0 Å². The SMILES string of the molecule is CCCCS(=O)(=O)NCCn1nc(-c2ccccn2)cc1C1CC1. The van der Waals surface area contributed by atoms with Gasteiger partial charge in [-0.1, -0.05) is 19.4 Å². The topological polar surface area (TPSA) is 76.9 Å². The van der Waals surface area contributed by atoms with Crippen molar-refractivity contribution in [2.45, 2.75) is 45.1 Å². The summed E-state index contributed by atoms with van der Waals surface area (Å²) in [5.74, 6) is 0.740. The molecule has 2 heterocycles. The van der Waals surface area contributed by atoms with Gasteiger partial charge >= 0.3 is 0 Å². The Hall–Kier alpha value is -1.73. The van der Waals surface area contributed by atoms with Crippen molar-refractivity contribution in [1.29, 1.82) is 0 Å². The first-order chi connectivity index (χ1) is 11.6. The molecule has 1 N–H and O–H groups in total. The number of sulfonamides is 1. The molecule has 24 heavy (non-hydrogen) atoms. The molecule has 0 spiro atoms. The fourth-order valence-electron chi connectivity index (χ4n) is 2.67. The Labute approximate surface area is 143 Å². The lowest BCUT2D eigenvalue weighted by Crippen LogP contribution is -2.30. The zero-order chi connectivity index (χ0) is 17.0. The second-order valence-electron chi connectivity index (χ2n) is 6.23. The fraction of sp³-hybridized carbons (Fsp3) is 0.529. The number of hydrogen-bond donors (Lipinski definition) is 1. The number of hydrogen-bond acceptors (Lipinski definition) is 4. The van der Waals surface area contributed by atoms with Crippen LogP contribution in [-0.2, 0) is 16.6 Å². The molecule has 3 rings (SSSR count). The van der Waals surface area contributed by atoms with Gasteiger partial charge in [0, 0.05) is 24.4 Å². The molecule has 0 aliphatic heterocycles. The van der Waals surface area contributed by atoms with Crippen LogP contribution in [0.15, 0.2) is 30.5 Å². The minimum absolute atomic E-state index is 0.192. The van der Waals surface area contributed by atoms with Crippen LogP contribution in [0.1, 0.15) is 44.2 Å². The maximum atomic E-state index is 11.9. The highest BCUT2D eigenvalue weighted by Gasteiger charge is 2.28. The highest BCUT2D eigenvalue weighted by atomic mass is 32.2. The molecule has 1 fully saturated rings. The highest BCUT2D eigenvalue weighted by molar-refractivity contribution is 7.89. The summed E-state index contributed by atoms with van der Waals surface area (Å²) >= 11 is 0. The van der Waals surface area contributed by atoms with Crippen molar-refractivity contribution in [3.63, 3.8) is 0 Å². The van der Waals surface area contributed by atoms with E-state index < -0.39 is 10.0 Å². The van der Waals surface area contributed by atoms with Crippen LogP contribution >= 0.6 is 0 Å². The first-order valence-electron chi connectivity index (χ1n) is 8.55. The van der Waals surface area contributed by atoms with E-state index in [2.05, 4.69) is 20.9 Å². The summed E-state index contributed by atoms with van der Waals surface area (Å²) in [5, 5.41) is 4.64. The van der Waals surface area contributed by atoms with Crippen molar-refractivity contribution >= 4 is 10.0 Å². The average Bonchev–Trinajstić information content (AvgIpc) is 3.34. The Morgan fingerprint density at radius 1 is 1.29 bits per heavy atom. The van der Waals surface area contributed by atoms with Gasteiger partial charge in [0.2, 0.25) is 10.0 Å². The maximum Gasteiger partial charge on any atom is 0.211 e. The minimum atomic E-state index is -3.18. The Balaban J connectivity index is 1.68. The van der Waals surface area contributed by atoms with Crippen molar-refractivity contribution in [3.8, 4) is 11.4 Å². The maximum absolute atomic E-state index is 11.9. The summed E-state index contributed by atoms with van der Waals surface area (Å²) in [6.07, 6.45) is 5.67. The van der Waals surface area contributed by atoms with Crippen LogP contribution in [0.25, 0.3) is 11.4 Å². The lowest BCUT2D eigenvalue weighted by molar-refractivity contribution is 0.550. The standard InChI is InChI=1S/C17H24N4O2S/c1-2-3-12-24(22,23)19-10-11-21-17(14-7-8-14)13-16(20-21)15-6-4-5-9-18-15/h4-6,9,13-14,19H,2-3,7-8,10-12H2,1H3. The lowest BCUT2D eigenvalue weighted by Gasteiger charge is -2.08. The van der Waals surface area contributed by atoms with Crippen molar-refractivity contribution in [3.05, 3.63) is 36.2 Å². The number of unbranched alkanes of at least 4 members (excludes halogenated alkanes) is 1. The van der Waals surface area contributed by atoms with E-state index in [4.69, 9.17) is 0 Å². The van der Waals surface area contributed by atoms with E-state index in [0.29, 0.717) is 25.4 Å². The van der Waals surface area contributed by atoms with Crippen LogP contribution in [-0.4, -0.2) is 35.5 Å². The predicted octanol–water partition coefficient (Wildman–Crippen LogP) is 2.54. The van der Waals surface area contributed by atoms with E-state index >= 15 is 0 Å². The molecule has 130 valence electrons. The quantitative estimate of drug-likeness (QED) is 0.755. The van der Waals surface area contributed by atoms with E-state index in [1.807, 2.05) is 29.8 Å². The zero-order valence-corrected chi connectivity index (χ0v) is 14.8.